The summed E-state index contributed by atoms with van der Waals surface area (Å²) in [5.41, 5.74) is 0.823. The number of carbonyl (C=O) groups is 1. The molecular formula is C12H14OS. The Bertz CT molecular complexity index is 349. The highest BCUT2D eigenvalue weighted by molar-refractivity contribution is 7.98. The van der Waals surface area contributed by atoms with Crippen molar-refractivity contribution in [3.63, 3.8) is 0 Å². The van der Waals surface area contributed by atoms with Gasteiger partial charge in [0.1, 0.15) is 0 Å². The zero-order valence-corrected chi connectivity index (χ0v) is 9.36. The lowest BCUT2D eigenvalue weighted by Crippen LogP contribution is -2.11. The molecular weight excluding hydrogens is 192 g/mol. The van der Waals surface area contributed by atoms with Crippen molar-refractivity contribution in [2.45, 2.75) is 24.7 Å². The van der Waals surface area contributed by atoms with E-state index in [2.05, 4.69) is 6.92 Å². The van der Waals surface area contributed by atoms with Crippen LogP contribution in [0.1, 0.15) is 30.1 Å². The number of thioether (sulfide) groups is 1. The standard InChI is InChI=1S/C12H14OS/c1-12(7-8-12)11(13)9-3-5-10(14-2)6-4-9/h3-6H,7-8H2,1-2H3. The van der Waals surface area contributed by atoms with Crippen LogP contribution in [0.3, 0.4) is 0 Å². The van der Waals surface area contributed by atoms with Gasteiger partial charge in [0, 0.05) is 15.9 Å². The third kappa shape index (κ3) is 1.71. The summed E-state index contributed by atoms with van der Waals surface area (Å²) in [4.78, 5) is 13.1. The van der Waals surface area contributed by atoms with E-state index in [0.717, 1.165) is 18.4 Å². The number of ketones is 1. The molecule has 1 aliphatic rings. The molecule has 0 spiro atoms. The summed E-state index contributed by atoms with van der Waals surface area (Å²) in [7, 11) is 0. The average molecular weight is 206 g/mol. The number of Topliss-reactive ketones (excluding diaryl/α,β-unsaturated/α-hetero) is 1. The highest BCUT2D eigenvalue weighted by Gasteiger charge is 2.44. The lowest BCUT2D eigenvalue weighted by Gasteiger charge is -2.07. The minimum absolute atomic E-state index is 0.0408. The molecule has 0 bridgehead atoms. The second-order valence-corrected chi connectivity index (χ2v) is 5.00. The van der Waals surface area contributed by atoms with Gasteiger partial charge in [-0.05, 0) is 31.2 Å². The maximum absolute atomic E-state index is 11.9. The van der Waals surface area contributed by atoms with Crippen molar-refractivity contribution in [1.29, 1.82) is 0 Å². The molecule has 74 valence electrons. The Morgan fingerprint density at radius 1 is 1.29 bits per heavy atom. The molecule has 0 aliphatic heterocycles. The van der Waals surface area contributed by atoms with Crippen molar-refractivity contribution >= 4 is 17.5 Å². The number of carbonyl (C=O) groups excluding carboxylic acids is 1. The molecule has 0 saturated heterocycles. The smallest absolute Gasteiger partial charge is 0.168 e. The third-order valence-electron chi connectivity index (χ3n) is 2.90. The minimum Gasteiger partial charge on any atom is -0.294 e. The molecule has 1 saturated carbocycles. The predicted octanol–water partition coefficient (Wildman–Crippen LogP) is 3.39. The van der Waals surface area contributed by atoms with Crippen LogP contribution < -0.4 is 0 Å². The molecule has 1 nitrogen and oxygen atoms in total. The summed E-state index contributed by atoms with van der Waals surface area (Å²) in [6.45, 7) is 2.05. The molecule has 2 heteroatoms. The van der Waals surface area contributed by atoms with Gasteiger partial charge in [0.05, 0.1) is 0 Å². The molecule has 0 aromatic heterocycles. The van der Waals surface area contributed by atoms with Gasteiger partial charge in [-0.2, -0.15) is 0 Å². The van der Waals surface area contributed by atoms with Crippen molar-refractivity contribution in [3.05, 3.63) is 29.8 Å². The molecule has 0 amide bonds. The molecule has 0 N–H and O–H groups in total. The third-order valence-corrected chi connectivity index (χ3v) is 3.64. The van der Waals surface area contributed by atoms with Crippen LogP contribution in [-0.2, 0) is 0 Å². The SMILES string of the molecule is CSc1ccc(C(=O)C2(C)CC2)cc1. The Morgan fingerprint density at radius 2 is 1.86 bits per heavy atom. The van der Waals surface area contributed by atoms with E-state index in [-0.39, 0.29) is 5.41 Å². The van der Waals surface area contributed by atoms with Crippen molar-refractivity contribution in [1.82, 2.24) is 0 Å². The number of hydrogen-bond acceptors (Lipinski definition) is 2. The van der Waals surface area contributed by atoms with Gasteiger partial charge in [-0.1, -0.05) is 19.1 Å². The van der Waals surface area contributed by atoms with E-state index in [1.165, 1.54) is 4.90 Å². The molecule has 1 aromatic rings. The van der Waals surface area contributed by atoms with Crippen molar-refractivity contribution in [2.24, 2.45) is 5.41 Å². The Kier molecular flexibility index (Phi) is 2.40. The highest BCUT2D eigenvalue weighted by atomic mass is 32.2. The van der Waals surface area contributed by atoms with Gasteiger partial charge >= 0.3 is 0 Å². The molecule has 14 heavy (non-hydrogen) atoms. The van der Waals surface area contributed by atoms with E-state index in [1.54, 1.807) is 11.8 Å². The zero-order valence-electron chi connectivity index (χ0n) is 8.54. The van der Waals surface area contributed by atoms with E-state index in [1.807, 2.05) is 30.5 Å². The number of hydrogen-bond donors (Lipinski definition) is 0. The largest absolute Gasteiger partial charge is 0.294 e. The van der Waals surface area contributed by atoms with E-state index in [4.69, 9.17) is 0 Å². The predicted molar refractivity (Wildman–Crippen MR) is 59.9 cm³/mol. The van der Waals surface area contributed by atoms with Crippen LogP contribution in [0.25, 0.3) is 0 Å². The highest BCUT2D eigenvalue weighted by Crippen LogP contribution is 2.47. The second kappa shape index (κ2) is 3.43. The quantitative estimate of drug-likeness (QED) is 0.557. The molecule has 1 fully saturated rings. The monoisotopic (exact) mass is 206 g/mol. The summed E-state index contributed by atoms with van der Waals surface area (Å²) >= 11 is 1.70. The van der Waals surface area contributed by atoms with E-state index < -0.39 is 0 Å². The van der Waals surface area contributed by atoms with Gasteiger partial charge in [0.15, 0.2) is 5.78 Å². The Morgan fingerprint density at radius 3 is 2.29 bits per heavy atom. The summed E-state index contributed by atoms with van der Waals surface area (Å²) in [5, 5.41) is 0. The van der Waals surface area contributed by atoms with E-state index in [0.29, 0.717) is 5.78 Å². The molecule has 1 aromatic carbocycles. The molecule has 0 radical (unpaired) electrons. The van der Waals surface area contributed by atoms with Gasteiger partial charge in [-0.3, -0.25) is 4.79 Å². The topological polar surface area (TPSA) is 17.1 Å². The fraction of sp³-hybridized carbons (Fsp3) is 0.417. The van der Waals surface area contributed by atoms with Crippen LogP contribution in [0.4, 0.5) is 0 Å². The molecule has 2 rings (SSSR count). The Labute approximate surface area is 88.9 Å². The first-order valence-corrected chi connectivity index (χ1v) is 6.07. The maximum atomic E-state index is 11.9. The molecule has 1 aliphatic carbocycles. The summed E-state index contributed by atoms with van der Waals surface area (Å²) in [5.74, 6) is 0.310. The lowest BCUT2D eigenvalue weighted by molar-refractivity contribution is 0.0912. The summed E-state index contributed by atoms with van der Waals surface area (Å²) in [6, 6.07) is 7.92. The van der Waals surface area contributed by atoms with E-state index in [9.17, 15) is 4.79 Å². The fourth-order valence-corrected chi connectivity index (χ4v) is 1.91. The summed E-state index contributed by atoms with van der Waals surface area (Å²) in [6.07, 6.45) is 4.14. The molecule has 0 unspecified atom stereocenters. The molecule has 0 atom stereocenters. The van der Waals surface area contributed by atoms with E-state index >= 15 is 0 Å². The van der Waals surface area contributed by atoms with Crippen LogP contribution in [0.15, 0.2) is 29.2 Å². The Balaban J connectivity index is 2.20. The van der Waals surface area contributed by atoms with Crippen LogP contribution in [-0.4, -0.2) is 12.0 Å². The van der Waals surface area contributed by atoms with Gasteiger partial charge in [0.2, 0.25) is 0 Å². The molecule has 0 heterocycles. The van der Waals surface area contributed by atoms with Gasteiger partial charge in [0.25, 0.3) is 0 Å². The maximum Gasteiger partial charge on any atom is 0.168 e. The first-order chi connectivity index (χ1) is 6.65. The van der Waals surface area contributed by atoms with Gasteiger partial charge in [-0.25, -0.2) is 0 Å². The Hall–Kier alpha value is -0.760. The van der Waals surface area contributed by atoms with Crippen LogP contribution >= 0.6 is 11.8 Å². The van der Waals surface area contributed by atoms with Crippen LogP contribution in [0.2, 0.25) is 0 Å². The lowest BCUT2D eigenvalue weighted by atomic mass is 9.97. The van der Waals surface area contributed by atoms with Gasteiger partial charge < -0.3 is 0 Å². The van der Waals surface area contributed by atoms with Crippen molar-refractivity contribution in [2.75, 3.05) is 6.26 Å². The van der Waals surface area contributed by atoms with Crippen molar-refractivity contribution in [3.8, 4) is 0 Å². The first kappa shape index (κ1) is 9.78. The van der Waals surface area contributed by atoms with Gasteiger partial charge in [-0.15, -0.1) is 11.8 Å². The van der Waals surface area contributed by atoms with Crippen molar-refractivity contribution < 1.29 is 4.79 Å². The average Bonchev–Trinajstić information content (AvgIpc) is 2.97. The summed E-state index contributed by atoms with van der Waals surface area (Å²) < 4.78 is 0. The fourth-order valence-electron chi connectivity index (χ4n) is 1.51. The number of rotatable bonds is 3. The number of benzene rings is 1. The second-order valence-electron chi connectivity index (χ2n) is 4.12. The van der Waals surface area contributed by atoms with Crippen LogP contribution in [0, 0.1) is 5.41 Å². The normalized spacial score (nSPS) is 17.9. The zero-order chi connectivity index (χ0) is 10.2. The minimum atomic E-state index is -0.0408. The first-order valence-electron chi connectivity index (χ1n) is 4.84. The van der Waals surface area contributed by atoms with Crippen LogP contribution in [0.5, 0.6) is 0 Å².